The summed E-state index contributed by atoms with van der Waals surface area (Å²) in [5.41, 5.74) is 0.628. The highest BCUT2D eigenvalue weighted by Gasteiger charge is 2.27. The van der Waals surface area contributed by atoms with E-state index in [2.05, 4.69) is 10.1 Å². The summed E-state index contributed by atoms with van der Waals surface area (Å²) in [6.07, 6.45) is -4.40. The van der Waals surface area contributed by atoms with Crippen molar-refractivity contribution < 1.29 is 27.0 Å². The monoisotopic (exact) mass is 267 g/mol. The first-order valence-corrected chi connectivity index (χ1v) is 5.12. The van der Waals surface area contributed by atoms with Crippen LogP contribution in [0.2, 0.25) is 0 Å². The molecule has 0 saturated heterocycles. The lowest BCUT2D eigenvalue weighted by atomic mass is 10.2. The Morgan fingerprint density at radius 2 is 1.94 bits per heavy atom. The van der Waals surface area contributed by atoms with Crippen LogP contribution in [0.4, 0.5) is 17.6 Å². The van der Waals surface area contributed by atoms with Crippen LogP contribution in [0.25, 0.3) is 0 Å². The molecular weight excluding hydrogens is 254 g/mol. The van der Waals surface area contributed by atoms with Crippen molar-refractivity contribution in [1.82, 2.24) is 5.32 Å². The molecule has 3 nitrogen and oxygen atoms in total. The Labute approximate surface area is 102 Å². The summed E-state index contributed by atoms with van der Waals surface area (Å²) in [6.45, 7) is -1.55. The first-order valence-electron chi connectivity index (χ1n) is 5.12. The molecule has 0 aliphatic heterocycles. The Bertz CT molecular complexity index is 382. The Morgan fingerprint density at radius 3 is 2.56 bits per heavy atom. The van der Waals surface area contributed by atoms with Crippen LogP contribution < -0.4 is 10.1 Å². The van der Waals surface area contributed by atoms with Gasteiger partial charge in [-0.15, -0.1) is 0 Å². The number of hydrogen-bond acceptors (Lipinski definition) is 3. The average molecular weight is 267 g/mol. The molecule has 1 rings (SSSR count). The lowest BCUT2D eigenvalue weighted by molar-refractivity contribution is -0.186. The fourth-order valence-electron chi connectivity index (χ4n) is 1.28. The highest BCUT2D eigenvalue weighted by Crippen LogP contribution is 2.18. The fourth-order valence-corrected chi connectivity index (χ4v) is 1.28. The Balaban J connectivity index is 2.46. The third-order valence-corrected chi connectivity index (χ3v) is 1.89. The minimum absolute atomic E-state index is 0.127. The first-order chi connectivity index (χ1) is 8.40. The zero-order valence-corrected chi connectivity index (χ0v) is 9.68. The van der Waals surface area contributed by atoms with Gasteiger partial charge in [0.05, 0.1) is 0 Å². The van der Waals surface area contributed by atoms with Gasteiger partial charge in [0, 0.05) is 12.6 Å². The van der Waals surface area contributed by atoms with E-state index in [1.165, 1.54) is 12.1 Å². The van der Waals surface area contributed by atoms with E-state index in [0.29, 0.717) is 12.1 Å². The minimum atomic E-state index is -4.40. The van der Waals surface area contributed by atoms with Crippen molar-refractivity contribution in [3.63, 3.8) is 0 Å². The number of alkyl halides is 3. The van der Waals surface area contributed by atoms with Crippen LogP contribution >= 0.6 is 0 Å². The molecule has 0 fully saturated rings. The van der Waals surface area contributed by atoms with Gasteiger partial charge in [0.25, 0.3) is 0 Å². The smallest absolute Gasteiger partial charge is 0.411 e. The summed E-state index contributed by atoms with van der Waals surface area (Å²) < 4.78 is 57.5. The highest BCUT2D eigenvalue weighted by molar-refractivity contribution is 5.29. The fraction of sp³-hybridized carbons (Fsp3) is 0.455. The average Bonchev–Trinajstić information content (AvgIpc) is 2.23. The molecule has 0 aliphatic carbocycles. The predicted octanol–water partition coefficient (Wildman–Crippen LogP) is 2.46. The lowest BCUT2D eigenvalue weighted by Gasteiger charge is -2.10. The van der Waals surface area contributed by atoms with Crippen LogP contribution in [0.15, 0.2) is 18.2 Å². The molecule has 0 radical (unpaired) electrons. The molecule has 0 heterocycles. The molecule has 0 saturated carbocycles. The summed E-state index contributed by atoms with van der Waals surface area (Å²) in [7, 11) is 1.69. The summed E-state index contributed by atoms with van der Waals surface area (Å²) in [5, 5.41) is 2.82. The van der Waals surface area contributed by atoms with Crippen LogP contribution in [-0.2, 0) is 11.3 Å². The molecule has 7 heteroatoms. The minimum Gasteiger partial charge on any atom is -0.467 e. The molecule has 0 aliphatic rings. The second-order valence-corrected chi connectivity index (χ2v) is 3.55. The van der Waals surface area contributed by atoms with E-state index in [-0.39, 0.29) is 5.75 Å². The molecular formula is C11H13F4NO2. The SMILES string of the molecule is CNCc1cc(F)cc(OCOCC(F)(F)F)c1. The van der Waals surface area contributed by atoms with E-state index in [0.717, 1.165) is 6.07 Å². The lowest BCUT2D eigenvalue weighted by Crippen LogP contribution is -2.19. The van der Waals surface area contributed by atoms with Gasteiger partial charge in [-0.3, -0.25) is 0 Å². The number of halogens is 4. The second-order valence-electron chi connectivity index (χ2n) is 3.55. The van der Waals surface area contributed by atoms with E-state index in [9.17, 15) is 17.6 Å². The van der Waals surface area contributed by atoms with Gasteiger partial charge < -0.3 is 14.8 Å². The van der Waals surface area contributed by atoms with Crippen LogP contribution in [0.3, 0.4) is 0 Å². The molecule has 0 aromatic heterocycles. The van der Waals surface area contributed by atoms with E-state index >= 15 is 0 Å². The van der Waals surface area contributed by atoms with Gasteiger partial charge in [-0.1, -0.05) is 0 Å². The third kappa shape index (κ3) is 5.83. The van der Waals surface area contributed by atoms with E-state index < -0.39 is 25.4 Å². The van der Waals surface area contributed by atoms with Gasteiger partial charge in [0.15, 0.2) is 6.79 Å². The van der Waals surface area contributed by atoms with Crippen molar-refractivity contribution in [1.29, 1.82) is 0 Å². The summed E-state index contributed by atoms with van der Waals surface area (Å²) in [4.78, 5) is 0. The Hall–Kier alpha value is -1.34. The van der Waals surface area contributed by atoms with Gasteiger partial charge in [-0.05, 0) is 24.7 Å². The maximum atomic E-state index is 13.1. The summed E-state index contributed by atoms with van der Waals surface area (Å²) >= 11 is 0. The molecule has 0 spiro atoms. The van der Waals surface area contributed by atoms with Crippen molar-refractivity contribution in [3.05, 3.63) is 29.6 Å². The number of rotatable bonds is 6. The largest absolute Gasteiger partial charge is 0.467 e. The quantitative estimate of drug-likeness (QED) is 0.488. The Kier molecular flexibility index (Phi) is 5.36. The van der Waals surface area contributed by atoms with Crippen molar-refractivity contribution in [3.8, 4) is 5.75 Å². The van der Waals surface area contributed by atoms with Crippen molar-refractivity contribution in [2.24, 2.45) is 0 Å². The number of ether oxygens (including phenoxy) is 2. The standard InChI is InChI=1S/C11H13F4NO2/c1-16-5-8-2-9(12)4-10(3-8)18-7-17-6-11(13,14)15/h2-4,16H,5-7H2,1H3. The predicted molar refractivity (Wildman–Crippen MR) is 56.7 cm³/mol. The molecule has 0 bridgehead atoms. The maximum Gasteiger partial charge on any atom is 0.411 e. The zero-order chi connectivity index (χ0) is 13.6. The summed E-state index contributed by atoms with van der Waals surface area (Å²) in [6, 6.07) is 3.91. The van der Waals surface area contributed by atoms with Gasteiger partial charge >= 0.3 is 6.18 Å². The molecule has 102 valence electrons. The van der Waals surface area contributed by atoms with E-state index in [4.69, 9.17) is 4.74 Å². The molecule has 1 N–H and O–H groups in total. The zero-order valence-electron chi connectivity index (χ0n) is 9.68. The molecule has 0 amide bonds. The van der Waals surface area contributed by atoms with E-state index in [1.54, 1.807) is 7.05 Å². The van der Waals surface area contributed by atoms with Crippen molar-refractivity contribution in [2.75, 3.05) is 20.4 Å². The Morgan fingerprint density at radius 1 is 1.22 bits per heavy atom. The number of hydrogen-bond donors (Lipinski definition) is 1. The van der Waals surface area contributed by atoms with Gasteiger partial charge in [-0.2, -0.15) is 13.2 Å². The van der Waals surface area contributed by atoms with Crippen molar-refractivity contribution >= 4 is 0 Å². The molecule has 1 aromatic carbocycles. The number of nitrogens with one attached hydrogen (secondary N) is 1. The van der Waals surface area contributed by atoms with Gasteiger partial charge in [0.2, 0.25) is 0 Å². The van der Waals surface area contributed by atoms with E-state index in [1.807, 2.05) is 0 Å². The number of benzene rings is 1. The second kappa shape index (κ2) is 6.55. The third-order valence-electron chi connectivity index (χ3n) is 1.89. The van der Waals surface area contributed by atoms with Crippen molar-refractivity contribution in [2.45, 2.75) is 12.7 Å². The van der Waals surface area contributed by atoms with Gasteiger partial charge in [0.1, 0.15) is 18.2 Å². The van der Waals surface area contributed by atoms with Crippen LogP contribution in [0.5, 0.6) is 5.75 Å². The van der Waals surface area contributed by atoms with Gasteiger partial charge in [-0.25, -0.2) is 4.39 Å². The molecule has 18 heavy (non-hydrogen) atoms. The van der Waals surface area contributed by atoms with Crippen LogP contribution in [0.1, 0.15) is 5.56 Å². The summed E-state index contributed by atoms with van der Waals surface area (Å²) in [5.74, 6) is -0.393. The van der Waals surface area contributed by atoms with Crippen LogP contribution in [0, 0.1) is 5.82 Å². The first kappa shape index (κ1) is 14.7. The topological polar surface area (TPSA) is 30.5 Å². The van der Waals surface area contributed by atoms with Crippen LogP contribution in [-0.4, -0.2) is 26.6 Å². The maximum absolute atomic E-state index is 13.1. The molecule has 1 aromatic rings. The highest BCUT2D eigenvalue weighted by atomic mass is 19.4. The normalized spacial score (nSPS) is 11.6. The molecule has 0 unspecified atom stereocenters. The molecule has 0 atom stereocenters.